The highest BCUT2D eigenvalue weighted by molar-refractivity contribution is 7.89. The van der Waals surface area contributed by atoms with E-state index in [1.807, 2.05) is 37.3 Å². The topological polar surface area (TPSA) is 91.3 Å². The van der Waals surface area contributed by atoms with Crippen LogP contribution in [0.4, 0.5) is 5.82 Å². The summed E-state index contributed by atoms with van der Waals surface area (Å²) in [6, 6.07) is 12.5. The van der Waals surface area contributed by atoms with E-state index < -0.39 is 16.1 Å². The lowest BCUT2D eigenvalue weighted by molar-refractivity contribution is 0.158. The lowest BCUT2D eigenvalue weighted by atomic mass is 10.0. The molecule has 2 aromatic rings. The van der Waals surface area contributed by atoms with E-state index in [4.69, 9.17) is 0 Å². The van der Waals surface area contributed by atoms with Crippen LogP contribution in [0.15, 0.2) is 53.6 Å². The van der Waals surface area contributed by atoms with Crippen LogP contribution in [0.1, 0.15) is 12.5 Å². The van der Waals surface area contributed by atoms with Gasteiger partial charge in [-0.15, -0.1) is 0 Å². The van der Waals surface area contributed by atoms with E-state index in [9.17, 15) is 13.5 Å². The van der Waals surface area contributed by atoms with Crippen molar-refractivity contribution in [1.82, 2.24) is 9.71 Å². The van der Waals surface area contributed by atoms with Crippen LogP contribution in [0.25, 0.3) is 0 Å². The van der Waals surface area contributed by atoms with Gasteiger partial charge in [0.25, 0.3) is 0 Å². The van der Waals surface area contributed by atoms with Gasteiger partial charge in [-0.1, -0.05) is 30.3 Å². The Kier molecular flexibility index (Phi) is 5.70. The molecule has 0 spiro atoms. The molecular formula is C16H21N3O3S. The van der Waals surface area contributed by atoms with Crippen LogP contribution in [0, 0.1) is 0 Å². The number of anilines is 1. The SMILES string of the molecule is CNS(=O)(=O)c1ccc(NC(C)C(O)Cc2ccccc2)nc1. The van der Waals surface area contributed by atoms with E-state index in [0.717, 1.165) is 5.56 Å². The first-order chi connectivity index (χ1) is 10.9. The Morgan fingerprint density at radius 2 is 1.87 bits per heavy atom. The number of hydrogen-bond acceptors (Lipinski definition) is 5. The van der Waals surface area contributed by atoms with Crippen LogP contribution in [0.2, 0.25) is 0 Å². The van der Waals surface area contributed by atoms with Crippen molar-refractivity contribution >= 4 is 15.8 Å². The van der Waals surface area contributed by atoms with Gasteiger partial charge in [-0.3, -0.25) is 0 Å². The Bertz CT molecular complexity index is 718. The van der Waals surface area contributed by atoms with Crippen molar-refractivity contribution in [3.63, 3.8) is 0 Å². The molecule has 124 valence electrons. The highest BCUT2D eigenvalue weighted by Gasteiger charge is 2.16. The average Bonchev–Trinajstić information content (AvgIpc) is 2.56. The van der Waals surface area contributed by atoms with Crippen LogP contribution < -0.4 is 10.0 Å². The first-order valence-corrected chi connectivity index (χ1v) is 8.79. The summed E-state index contributed by atoms with van der Waals surface area (Å²) in [6.45, 7) is 1.85. The summed E-state index contributed by atoms with van der Waals surface area (Å²) in [5, 5.41) is 13.3. The zero-order valence-electron chi connectivity index (χ0n) is 13.1. The van der Waals surface area contributed by atoms with Crippen LogP contribution in [-0.2, 0) is 16.4 Å². The van der Waals surface area contributed by atoms with Crippen molar-refractivity contribution in [2.24, 2.45) is 0 Å². The Morgan fingerprint density at radius 1 is 1.17 bits per heavy atom. The second-order valence-electron chi connectivity index (χ2n) is 5.28. The molecular weight excluding hydrogens is 314 g/mol. The van der Waals surface area contributed by atoms with Gasteiger partial charge in [-0.25, -0.2) is 18.1 Å². The standard InChI is InChI=1S/C16H21N3O3S/c1-12(15(20)10-13-6-4-3-5-7-13)19-16-9-8-14(11-18-16)23(21,22)17-2/h3-9,11-12,15,17,20H,10H2,1-2H3,(H,18,19). The van der Waals surface area contributed by atoms with Gasteiger partial charge in [0.15, 0.2) is 0 Å². The van der Waals surface area contributed by atoms with Crippen LogP contribution in [0.5, 0.6) is 0 Å². The fourth-order valence-corrected chi connectivity index (χ4v) is 2.78. The fraction of sp³-hybridized carbons (Fsp3) is 0.312. The molecule has 0 saturated carbocycles. The molecule has 0 aliphatic rings. The van der Waals surface area contributed by atoms with Gasteiger partial charge in [0, 0.05) is 12.6 Å². The number of aliphatic hydroxyl groups is 1. The molecule has 7 heteroatoms. The molecule has 1 heterocycles. The molecule has 0 aliphatic heterocycles. The molecule has 0 saturated heterocycles. The van der Waals surface area contributed by atoms with Gasteiger partial charge >= 0.3 is 0 Å². The first-order valence-electron chi connectivity index (χ1n) is 7.30. The van der Waals surface area contributed by atoms with Gasteiger partial charge in [0.05, 0.1) is 12.1 Å². The Labute approximate surface area is 136 Å². The lowest BCUT2D eigenvalue weighted by Crippen LogP contribution is -2.32. The van der Waals surface area contributed by atoms with E-state index in [2.05, 4.69) is 15.0 Å². The molecule has 2 atom stereocenters. The number of benzene rings is 1. The summed E-state index contributed by atoms with van der Waals surface area (Å²) in [7, 11) is -2.14. The number of aromatic nitrogens is 1. The number of nitrogens with one attached hydrogen (secondary N) is 2. The van der Waals surface area contributed by atoms with Gasteiger partial charge < -0.3 is 10.4 Å². The predicted molar refractivity (Wildman–Crippen MR) is 89.7 cm³/mol. The van der Waals surface area contributed by atoms with Crippen molar-refractivity contribution in [3.05, 3.63) is 54.2 Å². The molecule has 2 rings (SSSR count). The van der Waals surface area contributed by atoms with Gasteiger partial charge in [0.1, 0.15) is 10.7 Å². The Hall–Kier alpha value is -1.96. The minimum atomic E-state index is -3.49. The predicted octanol–water partition coefficient (Wildman–Crippen LogP) is 1.39. The lowest BCUT2D eigenvalue weighted by Gasteiger charge is -2.21. The van der Waals surface area contributed by atoms with Gasteiger partial charge in [0.2, 0.25) is 10.0 Å². The molecule has 23 heavy (non-hydrogen) atoms. The summed E-state index contributed by atoms with van der Waals surface area (Å²) in [4.78, 5) is 4.18. The van der Waals surface area contributed by atoms with Crippen molar-refractivity contribution in [2.75, 3.05) is 12.4 Å². The molecule has 3 N–H and O–H groups in total. The minimum Gasteiger partial charge on any atom is -0.391 e. The maximum absolute atomic E-state index is 11.6. The number of pyridine rings is 1. The monoisotopic (exact) mass is 335 g/mol. The second-order valence-corrected chi connectivity index (χ2v) is 7.16. The number of nitrogens with zero attached hydrogens (tertiary/aromatic N) is 1. The normalized spacial score (nSPS) is 14.2. The third kappa shape index (κ3) is 4.75. The smallest absolute Gasteiger partial charge is 0.241 e. The third-order valence-corrected chi connectivity index (χ3v) is 4.96. The molecule has 6 nitrogen and oxygen atoms in total. The van der Waals surface area contributed by atoms with Crippen LogP contribution in [-0.4, -0.2) is 37.7 Å². The highest BCUT2D eigenvalue weighted by atomic mass is 32.2. The molecule has 0 aliphatic carbocycles. The maximum Gasteiger partial charge on any atom is 0.241 e. The number of sulfonamides is 1. The third-order valence-electron chi connectivity index (χ3n) is 3.56. The van der Waals surface area contributed by atoms with E-state index in [1.54, 1.807) is 6.07 Å². The highest BCUT2D eigenvalue weighted by Crippen LogP contribution is 2.13. The maximum atomic E-state index is 11.6. The number of rotatable bonds is 7. The molecule has 0 bridgehead atoms. The minimum absolute atomic E-state index is 0.100. The number of hydrogen-bond donors (Lipinski definition) is 3. The van der Waals surface area contributed by atoms with Crippen molar-refractivity contribution in [2.45, 2.75) is 30.4 Å². The summed E-state index contributed by atoms with van der Waals surface area (Å²) in [5.41, 5.74) is 1.05. The van der Waals surface area contributed by atoms with Crippen molar-refractivity contribution in [1.29, 1.82) is 0 Å². The molecule has 1 aromatic carbocycles. The summed E-state index contributed by atoms with van der Waals surface area (Å²) in [5.74, 6) is 0.514. The zero-order chi connectivity index (χ0) is 16.9. The molecule has 0 radical (unpaired) electrons. The molecule has 0 fully saturated rings. The Balaban J connectivity index is 1.98. The van der Waals surface area contributed by atoms with Crippen molar-refractivity contribution < 1.29 is 13.5 Å². The van der Waals surface area contributed by atoms with Gasteiger partial charge in [-0.2, -0.15) is 0 Å². The zero-order valence-corrected chi connectivity index (χ0v) is 13.9. The van der Waals surface area contributed by atoms with Crippen molar-refractivity contribution in [3.8, 4) is 0 Å². The number of aliphatic hydroxyl groups excluding tert-OH is 1. The van der Waals surface area contributed by atoms with E-state index in [0.29, 0.717) is 12.2 Å². The summed E-state index contributed by atoms with van der Waals surface area (Å²) in [6.07, 6.45) is 1.23. The molecule has 1 aromatic heterocycles. The quantitative estimate of drug-likeness (QED) is 0.711. The first kappa shape index (κ1) is 17.4. The van der Waals surface area contributed by atoms with Crippen LogP contribution in [0.3, 0.4) is 0 Å². The fourth-order valence-electron chi connectivity index (χ4n) is 2.10. The summed E-state index contributed by atoms with van der Waals surface area (Å²) < 4.78 is 25.5. The summed E-state index contributed by atoms with van der Waals surface area (Å²) >= 11 is 0. The Morgan fingerprint density at radius 3 is 2.43 bits per heavy atom. The average molecular weight is 335 g/mol. The van der Waals surface area contributed by atoms with Crippen LogP contribution >= 0.6 is 0 Å². The second kappa shape index (κ2) is 7.54. The van der Waals surface area contributed by atoms with E-state index >= 15 is 0 Å². The largest absolute Gasteiger partial charge is 0.391 e. The van der Waals surface area contributed by atoms with Gasteiger partial charge in [-0.05, 0) is 31.7 Å². The van der Waals surface area contributed by atoms with E-state index in [1.165, 1.54) is 19.3 Å². The van der Waals surface area contributed by atoms with E-state index in [-0.39, 0.29) is 10.9 Å². The molecule has 2 unspecified atom stereocenters. The molecule has 0 amide bonds.